The van der Waals surface area contributed by atoms with E-state index in [9.17, 15) is 0 Å². The molecule has 0 spiro atoms. The van der Waals surface area contributed by atoms with Crippen LogP contribution >= 0.6 is 22.9 Å². The van der Waals surface area contributed by atoms with E-state index in [4.69, 9.17) is 4.74 Å². The molecule has 96 valence electrons. The van der Waals surface area contributed by atoms with Gasteiger partial charge in [0.1, 0.15) is 5.01 Å². The van der Waals surface area contributed by atoms with E-state index in [0.717, 1.165) is 36.1 Å². The Morgan fingerprint density at radius 2 is 2.44 bits per heavy atom. The summed E-state index contributed by atoms with van der Waals surface area (Å²) in [5.74, 6) is 0. The van der Waals surface area contributed by atoms with Crippen molar-refractivity contribution < 1.29 is 4.74 Å². The van der Waals surface area contributed by atoms with Gasteiger partial charge in [0.25, 0.3) is 0 Å². The number of nitrogens with zero attached hydrogens (tertiary/aromatic N) is 4. The molecule has 2 aromatic rings. The molecule has 0 amide bonds. The monoisotopic (exact) mass is 282 g/mol. The summed E-state index contributed by atoms with van der Waals surface area (Å²) in [6.07, 6.45) is 0. The Bertz CT molecular complexity index is 499. The quantitative estimate of drug-likeness (QED) is 0.860. The third kappa shape index (κ3) is 2.59. The number of ether oxygens (including phenoxy) is 1. The lowest BCUT2D eigenvalue weighted by atomic mass is 10.2. The van der Waals surface area contributed by atoms with Gasteiger partial charge in [-0.05, 0) is 18.5 Å². The Hall–Kier alpha value is -0.890. The normalized spacial score (nSPS) is 21.3. The Balaban J connectivity index is 1.77. The summed E-state index contributed by atoms with van der Waals surface area (Å²) in [4.78, 5) is 6.95. The number of aromatic nitrogens is 3. The van der Waals surface area contributed by atoms with Crippen LogP contribution < -0.4 is 0 Å². The van der Waals surface area contributed by atoms with Gasteiger partial charge in [0.15, 0.2) is 0 Å². The van der Waals surface area contributed by atoms with Crippen LogP contribution in [0.5, 0.6) is 0 Å². The molecule has 0 aliphatic carbocycles. The highest BCUT2D eigenvalue weighted by atomic mass is 32.1. The molecule has 1 fully saturated rings. The summed E-state index contributed by atoms with van der Waals surface area (Å²) in [5, 5.41) is 9.34. The van der Waals surface area contributed by atoms with Crippen molar-refractivity contribution in [2.75, 3.05) is 19.8 Å². The molecule has 18 heavy (non-hydrogen) atoms. The summed E-state index contributed by atoms with van der Waals surface area (Å²) in [7, 11) is 0. The lowest BCUT2D eigenvalue weighted by molar-refractivity contribution is -0.0133. The minimum Gasteiger partial charge on any atom is -0.378 e. The average molecular weight is 282 g/mol. The predicted octanol–water partition coefficient (Wildman–Crippen LogP) is 1.88. The Kier molecular flexibility index (Phi) is 3.64. The fourth-order valence-electron chi connectivity index (χ4n) is 2.04. The van der Waals surface area contributed by atoms with Gasteiger partial charge in [-0.2, -0.15) is 0 Å². The van der Waals surface area contributed by atoms with E-state index in [1.54, 1.807) is 11.3 Å². The summed E-state index contributed by atoms with van der Waals surface area (Å²) in [6, 6.07) is 0.249. The first-order chi connectivity index (χ1) is 8.83. The Morgan fingerprint density at radius 1 is 1.50 bits per heavy atom. The molecule has 3 heterocycles. The van der Waals surface area contributed by atoms with Crippen molar-refractivity contribution in [2.45, 2.75) is 19.5 Å². The molecule has 1 aliphatic heterocycles. The second kappa shape index (κ2) is 5.40. The molecule has 2 aromatic heterocycles. The molecule has 1 saturated heterocycles. The molecule has 0 saturated carbocycles. The molecule has 1 aliphatic rings. The van der Waals surface area contributed by atoms with E-state index < -0.39 is 0 Å². The summed E-state index contributed by atoms with van der Waals surface area (Å²) >= 11 is 3.10. The molecule has 7 heteroatoms. The minimum atomic E-state index is 0.249. The van der Waals surface area contributed by atoms with Gasteiger partial charge in [-0.25, -0.2) is 4.98 Å². The molecule has 0 unspecified atom stereocenters. The zero-order valence-corrected chi connectivity index (χ0v) is 11.7. The van der Waals surface area contributed by atoms with Crippen molar-refractivity contribution in [3.63, 3.8) is 0 Å². The highest BCUT2D eigenvalue weighted by Gasteiger charge is 2.27. The van der Waals surface area contributed by atoms with Crippen LogP contribution in [0.25, 0.3) is 0 Å². The molecule has 1 atom stereocenters. The van der Waals surface area contributed by atoms with Crippen molar-refractivity contribution in [1.82, 2.24) is 19.5 Å². The largest absolute Gasteiger partial charge is 0.378 e. The third-order valence-electron chi connectivity index (χ3n) is 2.93. The standard InChI is InChI=1S/C11H14N4OS2/c1-8-6-17-11(12-8)10-5-16-3-2-15(10)4-9-7-18-14-13-9/h6-7,10H,2-5H2,1H3/t10-/m0/s1. The topological polar surface area (TPSA) is 51.1 Å². The summed E-state index contributed by atoms with van der Waals surface area (Å²) in [6.45, 7) is 5.26. The van der Waals surface area contributed by atoms with Crippen molar-refractivity contribution in [3.05, 3.63) is 27.2 Å². The summed E-state index contributed by atoms with van der Waals surface area (Å²) < 4.78 is 9.50. The van der Waals surface area contributed by atoms with Crippen molar-refractivity contribution in [3.8, 4) is 0 Å². The number of hydrogen-bond acceptors (Lipinski definition) is 7. The number of hydrogen-bond donors (Lipinski definition) is 0. The van der Waals surface area contributed by atoms with Gasteiger partial charge in [-0.3, -0.25) is 4.90 Å². The first-order valence-corrected chi connectivity index (χ1v) is 7.54. The minimum absolute atomic E-state index is 0.249. The fraction of sp³-hybridized carbons (Fsp3) is 0.545. The van der Waals surface area contributed by atoms with Gasteiger partial charge >= 0.3 is 0 Å². The first-order valence-electron chi connectivity index (χ1n) is 5.82. The van der Waals surface area contributed by atoms with Gasteiger partial charge in [-0.15, -0.1) is 16.4 Å². The van der Waals surface area contributed by atoms with Crippen LogP contribution in [0.3, 0.4) is 0 Å². The van der Waals surface area contributed by atoms with Crippen LogP contribution in [0.4, 0.5) is 0 Å². The number of thiazole rings is 1. The average Bonchev–Trinajstić information content (AvgIpc) is 3.02. The van der Waals surface area contributed by atoms with Gasteiger partial charge in [0.2, 0.25) is 0 Å². The molecule has 0 aromatic carbocycles. The maximum Gasteiger partial charge on any atom is 0.112 e. The maximum absolute atomic E-state index is 5.59. The van der Waals surface area contributed by atoms with E-state index in [2.05, 4.69) is 24.9 Å². The highest BCUT2D eigenvalue weighted by Crippen LogP contribution is 2.28. The predicted molar refractivity (Wildman–Crippen MR) is 70.7 cm³/mol. The number of aryl methyl sites for hydroxylation is 1. The van der Waals surface area contributed by atoms with E-state index >= 15 is 0 Å². The lowest BCUT2D eigenvalue weighted by Crippen LogP contribution is -2.39. The molecule has 0 radical (unpaired) electrons. The molecule has 5 nitrogen and oxygen atoms in total. The van der Waals surface area contributed by atoms with Crippen molar-refractivity contribution in [2.24, 2.45) is 0 Å². The smallest absolute Gasteiger partial charge is 0.112 e. The van der Waals surface area contributed by atoms with Crippen LogP contribution in [0.1, 0.15) is 22.4 Å². The zero-order chi connectivity index (χ0) is 12.4. The molecular weight excluding hydrogens is 268 g/mol. The van der Waals surface area contributed by atoms with Crippen molar-refractivity contribution >= 4 is 22.9 Å². The second-order valence-corrected chi connectivity index (χ2v) is 5.78. The second-order valence-electron chi connectivity index (χ2n) is 4.28. The maximum atomic E-state index is 5.59. The number of morpholine rings is 1. The van der Waals surface area contributed by atoms with Gasteiger partial charge < -0.3 is 4.74 Å². The zero-order valence-electron chi connectivity index (χ0n) is 10.1. The highest BCUT2D eigenvalue weighted by molar-refractivity contribution is 7.09. The van der Waals surface area contributed by atoms with Gasteiger partial charge in [0.05, 0.1) is 24.9 Å². The van der Waals surface area contributed by atoms with Crippen LogP contribution in [-0.2, 0) is 11.3 Å². The fourth-order valence-corrected chi connectivity index (χ4v) is 3.40. The van der Waals surface area contributed by atoms with Crippen LogP contribution in [-0.4, -0.2) is 39.2 Å². The molecule has 0 bridgehead atoms. The molecular formula is C11H14N4OS2. The van der Waals surface area contributed by atoms with Gasteiger partial charge in [0, 0.05) is 29.5 Å². The van der Waals surface area contributed by atoms with Crippen LogP contribution in [0, 0.1) is 6.92 Å². The van der Waals surface area contributed by atoms with E-state index in [-0.39, 0.29) is 6.04 Å². The van der Waals surface area contributed by atoms with Crippen molar-refractivity contribution in [1.29, 1.82) is 0 Å². The lowest BCUT2D eigenvalue weighted by Gasteiger charge is -2.33. The Labute approximate surface area is 114 Å². The number of rotatable bonds is 3. The first kappa shape index (κ1) is 12.2. The van der Waals surface area contributed by atoms with E-state index in [0.29, 0.717) is 6.61 Å². The molecule has 3 rings (SSSR count). The SMILES string of the molecule is Cc1csc([C@@H]2COCCN2Cc2csnn2)n1. The van der Waals surface area contributed by atoms with Gasteiger partial charge in [-0.1, -0.05) is 4.49 Å². The third-order valence-corrected chi connectivity index (χ3v) is 4.55. The van der Waals surface area contributed by atoms with Crippen LogP contribution in [0.2, 0.25) is 0 Å². The summed E-state index contributed by atoms with van der Waals surface area (Å²) in [5.41, 5.74) is 2.11. The Morgan fingerprint density at radius 3 is 3.17 bits per heavy atom. The molecule has 0 N–H and O–H groups in total. The van der Waals surface area contributed by atoms with Crippen LogP contribution in [0.15, 0.2) is 10.8 Å². The van der Waals surface area contributed by atoms with E-state index in [1.807, 2.05) is 12.3 Å². The van der Waals surface area contributed by atoms with E-state index in [1.165, 1.54) is 11.5 Å².